The van der Waals surface area contributed by atoms with Gasteiger partial charge in [-0.3, -0.25) is 4.79 Å². The molecule has 0 bridgehead atoms. The molecule has 23 heavy (non-hydrogen) atoms. The van der Waals surface area contributed by atoms with E-state index >= 15 is 0 Å². The highest BCUT2D eigenvalue weighted by Gasteiger charge is 2.27. The highest BCUT2D eigenvalue weighted by Crippen LogP contribution is 2.30. The number of benzene rings is 1. The van der Waals surface area contributed by atoms with E-state index in [0.29, 0.717) is 11.4 Å². The molecule has 5 heteroatoms. The van der Waals surface area contributed by atoms with Crippen LogP contribution >= 0.6 is 11.3 Å². The summed E-state index contributed by atoms with van der Waals surface area (Å²) < 4.78 is 13.0. The first-order valence-electron chi connectivity index (χ1n) is 7.87. The third-order valence-electron chi connectivity index (χ3n) is 4.37. The van der Waals surface area contributed by atoms with Gasteiger partial charge in [0.25, 0.3) is 5.91 Å². The third kappa shape index (κ3) is 3.62. The number of amides is 1. The Balaban J connectivity index is 1.74. The standard InChI is InChI=1S/C18H20FNO2S/c1-12(21)14-3-2-10-20(11-14)18(22)17-9-8-16(23-17)13-4-6-15(19)7-5-13/h4-9,12,14,21H,2-3,10-11H2,1H3. The van der Waals surface area contributed by atoms with Gasteiger partial charge in [-0.15, -0.1) is 11.3 Å². The van der Waals surface area contributed by atoms with Crippen LogP contribution in [0.5, 0.6) is 0 Å². The van der Waals surface area contributed by atoms with E-state index in [1.165, 1.54) is 23.5 Å². The molecule has 1 amide bonds. The predicted molar refractivity (Wildman–Crippen MR) is 90.0 cm³/mol. The van der Waals surface area contributed by atoms with E-state index in [1.54, 1.807) is 19.1 Å². The summed E-state index contributed by atoms with van der Waals surface area (Å²) in [4.78, 5) is 16.1. The van der Waals surface area contributed by atoms with Gasteiger partial charge < -0.3 is 10.0 Å². The lowest BCUT2D eigenvalue weighted by Gasteiger charge is -2.33. The molecule has 1 aliphatic rings. The van der Waals surface area contributed by atoms with Crippen LogP contribution in [0.15, 0.2) is 36.4 Å². The minimum Gasteiger partial charge on any atom is -0.393 e. The van der Waals surface area contributed by atoms with Crippen molar-refractivity contribution in [1.82, 2.24) is 4.90 Å². The van der Waals surface area contributed by atoms with Crippen LogP contribution in [0.1, 0.15) is 29.4 Å². The van der Waals surface area contributed by atoms with Gasteiger partial charge in [0.1, 0.15) is 5.82 Å². The fourth-order valence-electron chi connectivity index (χ4n) is 2.97. The number of thiophene rings is 1. The lowest BCUT2D eigenvalue weighted by Crippen LogP contribution is -2.42. The summed E-state index contributed by atoms with van der Waals surface area (Å²) in [6, 6.07) is 10.0. The Hall–Kier alpha value is -1.72. The monoisotopic (exact) mass is 333 g/mol. The van der Waals surface area contributed by atoms with Crippen LogP contribution < -0.4 is 0 Å². The van der Waals surface area contributed by atoms with Crippen LogP contribution in [0.25, 0.3) is 10.4 Å². The molecule has 1 N–H and O–H groups in total. The van der Waals surface area contributed by atoms with E-state index in [9.17, 15) is 14.3 Å². The summed E-state index contributed by atoms with van der Waals surface area (Å²) in [5.41, 5.74) is 0.913. The van der Waals surface area contributed by atoms with E-state index in [2.05, 4.69) is 0 Å². The Morgan fingerprint density at radius 3 is 2.74 bits per heavy atom. The van der Waals surface area contributed by atoms with Crippen LogP contribution in [0.2, 0.25) is 0 Å². The molecule has 1 saturated heterocycles. The summed E-state index contributed by atoms with van der Waals surface area (Å²) in [7, 11) is 0. The van der Waals surface area contributed by atoms with Crippen molar-refractivity contribution in [1.29, 1.82) is 0 Å². The molecule has 2 unspecified atom stereocenters. The molecular weight excluding hydrogens is 313 g/mol. The molecule has 122 valence electrons. The minimum absolute atomic E-state index is 0.0220. The van der Waals surface area contributed by atoms with Crippen LogP contribution in [-0.2, 0) is 0 Å². The molecule has 1 aromatic heterocycles. The van der Waals surface area contributed by atoms with Gasteiger partial charge in [-0.2, -0.15) is 0 Å². The van der Waals surface area contributed by atoms with E-state index in [1.807, 2.05) is 17.0 Å². The first kappa shape index (κ1) is 16.1. The van der Waals surface area contributed by atoms with Gasteiger partial charge >= 0.3 is 0 Å². The number of nitrogens with zero attached hydrogens (tertiary/aromatic N) is 1. The third-order valence-corrected chi connectivity index (χ3v) is 5.50. The molecular formula is C18H20FNO2S. The second-order valence-corrected chi connectivity index (χ2v) is 7.15. The fourth-order valence-corrected chi connectivity index (χ4v) is 3.95. The summed E-state index contributed by atoms with van der Waals surface area (Å²) >= 11 is 1.43. The smallest absolute Gasteiger partial charge is 0.263 e. The summed E-state index contributed by atoms with van der Waals surface area (Å²) in [5.74, 6) is -0.0861. The minimum atomic E-state index is -0.385. The van der Waals surface area contributed by atoms with E-state index in [0.717, 1.165) is 29.8 Å². The highest BCUT2D eigenvalue weighted by molar-refractivity contribution is 7.17. The number of aliphatic hydroxyl groups excluding tert-OH is 1. The number of hydrogen-bond acceptors (Lipinski definition) is 3. The van der Waals surface area contributed by atoms with Crippen molar-refractivity contribution in [2.45, 2.75) is 25.9 Å². The molecule has 1 aliphatic heterocycles. The van der Waals surface area contributed by atoms with E-state index < -0.39 is 0 Å². The number of aliphatic hydroxyl groups is 1. The largest absolute Gasteiger partial charge is 0.393 e. The Morgan fingerprint density at radius 2 is 2.04 bits per heavy atom. The van der Waals surface area contributed by atoms with Gasteiger partial charge in [-0.1, -0.05) is 12.1 Å². The van der Waals surface area contributed by atoms with Crippen molar-refractivity contribution in [3.8, 4) is 10.4 Å². The summed E-state index contributed by atoms with van der Waals surface area (Å²) in [6.45, 7) is 3.14. The van der Waals surface area contributed by atoms with Gasteiger partial charge in [0.2, 0.25) is 0 Å². The molecule has 0 spiro atoms. The van der Waals surface area contributed by atoms with Gasteiger partial charge in [-0.05, 0) is 49.6 Å². The Bertz CT molecular complexity index is 681. The van der Waals surface area contributed by atoms with Crippen molar-refractivity contribution in [2.24, 2.45) is 5.92 Å². The van der Waals surface area contributed by atoms with Gasteiger partial charge in [0.15, 0.2) is 0 Å². The number of carbonyl (C=O) groups excluding carboxylic acids is 1. The Labute approximate surface area is 139 Å². The average molecular weight is 333 g/mol. The summed E-state index contributed by atoms with van der Waals surface area (Å²) in [5, 5.41) is 9.76. The zero-order valence-electron chi connectivity index (χ0n) is 13.0. The number of piperidine rings is 1. The van der Waals surface area contributed by atoms with Crippen molar-refractivity contribution in [2.75, 3.05) is 13.1 Å². The number of likely N-dealkylation sites (tertiary alicyclic amines) is 1. The first-order chi connectivity index (χ1) is 11.0. The lowest BCUT2D eigenvalue weighted by molar-refractivity contribution is 0.0469. The average Bonchev–Trinajstić information content (AvgIpc) is 3.05. The molecule has 3 nitrogen and oxygen atoms in total. The normalized spacial score (nSPS) is 19.6. The number of hydrogen-bond donors (Lipinski definition) is 1. The van der Waals surface area contributed by atoms with Gasteiger partial charge in [-0.25, -0.2) is 4.39 Å². The van der Waals surface area contributed by atoms with E-state index in [4.69, 9.17) is 0 Å². The number of carbonyl (C=O) groups is 1. The van der Waals surface area contributed by atoms with Crippen LogP contribution in [0.3, 0.4) is 0 Å². The van der Waals surface area contributed by atoms with Crippen molar-refractivity contribution in [3.63, 3.8) is 0 Å². The van der Waals surface area contributed by atoms with Crippen molar-refractivity contribution < 1.29 is 14.3 Å². The molecule has 0 saturated carbocycles. The molecule has 1 fully saturated rings. The van der Waals surface area contributed by atoms with Crippen molar-refractivity contribution >= 4 is 17.2 Å². The molecule has 2 aromatic rings. The summed E-state index contributed by atoms with van der Waals surface area (Å²) in [6.07, 6.45) is 1.51. The fraction of sp³-hybridized carbons (Fsp3) is 0.389. The van der Waals surface area contributed by atoms with Crippen molar-refractivity contribution in [3.05, 3.63) is 47.1 Å². The lowest BCUT2D eigenvalue weighted by atomic mass is 9.93. The SMILES string of the molecule is CC(O)C1CCCN(C(=O)c2ccc(-c3ccc(F)cc3)s2)C1. The zero-order chi connectivity index (χ0) is 16.4. The second kappa shape index (κ2) is 6.81. The number of rotatable bonds is 3. The Kier molecular flexibility index (Phi) is 4.78. The van der Waals surface area contributed by atoms with Crippen LogP contribution in [-0.4, -0.2) is 35.1 Å². The number of halogens is 1. The van der Waals surface area contributed by atoms with Crippen LogP contribution in [0.4, 0.5) is 4.39 Å². The molecule has 2 atom stereocenters. The quantitative estimate of drug-likeness (QED) is 0.928. The zero-order valence-corrected chi connectivity index (χ0v) is 13.9. The molecule has 0 aliphatic carbocycles. The maximum Gasteiger partial charge on any atom is 0.263 e. The van der Waals surface area contributed by atoms with Crippen LogP contribution in [0, 0.1) is 11.7 Å². The molecule has 3 rings (SSSR count). The topological polar surface area (TPSA) is 40.5 Å². The maximum absolute atomic E-state index is 13.0. The maximum atomic E-state index is 13.0. The predicted octanol–water partition coefficient (Wildman–Crippen LogP) is 3.79. The Morgan fingerprint density at radius 1 is 1.30 bits per heavy atom. The van der Waals surface area contributed by atoms with Gasteiger partial charge in [0, 0.05) is 23.9 Å². The van der Waals surface area contributed by atoms with Gasteiger partial charge in [0.05, 0.1) is 11.0 Å². The highest BCUT2D eigenvalue weighted by atomic mass is 32.1. The second-order valence-electron chi connectivity index (χ2n) is 6.06. The molecule has 0 radical (unpaired) electrons. The first-order valence-corrected chi connectivity index (χ1v) is 8.69. The molecule has 1 aromatic carbocycles. The molecule has 2 heterocycles. The van der Waals surface area contributed by atoms with E-state index in [-0.39, 0.29) is 23.7 Å².